The SMILES string of the molecule is CC1=NN(c2ccccc2)C(=O)/C1=C/c1ccc(OCc2c(Cl)cccc2Cl)cc1. The highest BCUT2D eigenvalue weighted by Gasteiger charge is 2.28. The van der Waals surface area contributed by atoms with Crippen LogP contribution in [-0.2, 0) is 11.4 Å². The normalized spacial score (nSPS) is 14.9. The van der Waals surface area contributed by atoms with Gasteiger partial charge in [-0.3, -0.25) is 4.79 Å². The lowest BCUT2D eigenvalue weighted by Crippen LogP contribution is -2.21. The molecule has 3 aromatic rings. The number of carbonyl (C=O) groups excluding carboxylic acids is 1. The maximum absolute atomic E-state index is 12.8. The van der Waals surface area contributed by atoms with Crippen LogP contribution in [0.2, 0.25) is 10.0 Å². The number of hydrazone groups is 1. The van der Waals surface area contributed by atoms with Gasteiger partial charge in [0.15, 0.2) is 0 Å². The van der Waals surface area contributed by atoms with E-state index in [2.05, 4.69) is 5.10 Å². The molecular formula is C24H18Cl2N2O2. The van der Waals surface area contributed by atoms with Crippen LogP contribution in [0.5, 0.6) is 5.75 Å². The van der Waals surface area contributed by atoms with Crippen LogP contribution < -0.4 is 9.75 Å². The first kappa shape index (κ1) is 20.2. The smallest absolute Gasteiger partial charge is 0.280 e. The van der Waals surface area contributed by atoms with Gasteiger partial charge in [-0.05, 0) is 55.0 Å². The summed E-state index contributed by atoms with van der Waals surface area (Å²) in [6.45, 7) is 2.10. The fraction of sp³-hybridized carbons (Fsp3) is 0.0833. The first-order valence-electron chi connectivity index (χ1n) is 9.35. The summed E-state index contributed by atoms with van der Waals surface area (Å²) in [5.74, 6) is 0.537. The quantitative estimate of drug-likeness (QED) is 0.435. The second kappa shape index (κ2) is 8.74. The highest BCUT2D eigenvalue weighted by Crippen LogP contribution is 2.27. The molecule has 1 aliphatic heterocycles. The highest BCUT2D eigenvalue weighted by atomic mass is 35.5. The number of carbonyl (C=O) groups is 1. The van der Waals surface area contributed by atoms with Crippen LogP contribution in [0.1, 0.15) is 18.1 Å². The van der Waals surface area contributed by atoms with Crippen LogP contribution in [0.15, 0.2) is 83.5 Å². The number of para-hydroxylation sites is 1. The summed E-state index contributed by atoms with van der Waals surface area (Å²) in [6, 6.07) is 22.2. The first-order valence-corrected chi connectivity index (χ1v) is 10.1. The molecular weight excluding hydrogens is 419 g/mol. The predicted octanol–water partition coefficient (Wildman–Crippen LogP) is 6.38. The van der Waals surface area contributed by atoms with Crippen molar-refractivity contribution in [3.63, 3.8) is 0 Å². The number of benzene rings is 3. The molecule has 0 fully saturated rings. The zero-order valence-electron chi connectivity index (χ0n) is 16.2. The Morgan fingerprint density at radius 1 is 0.933 bits per heavy atom. The van der Waals surface area contributed by atoms with Gasteiger partial charge in [0.05, 0.1) is 17.0 Å². The summed E-state index contributed by atoms with van der Waals surface area (Å²) in [5.41, 5.74) is 3.61. The molecule has 1 aliphatic rings. The average molecular weight is 437 g/mol. The van der Waals surface area contributed by atoms with Crippen molar-refractivity contribution in [1.82, 2.24) is 0 Å². The van der Waals surface area contributed by atoms with E-state index in [1.807, 2.05) is 67.6 Å². The van der Waals surface area contributed by atoms with Crippen molar-refractivity contribution in [2.75, 3.05) is 5.01 Å². The maximum atomic E-state index is 12.8. The third-order valence-electron chi connectivity index (χ3n) is 4.70. The van der Waals surface area contributed by atoms with Crippen molar-refractivity contribution in [2.45, 2.75) is 13.5 Å². The Hall–Kier alpha value is -3.08. The monoisotopic (exact) mass is 436 g/mol. The molecule has 0 spiro atoms. The minimum absolute atomic E-state index is 0.146. The number of rotatable bonds is 5. The van der Waals surface area contributed by atoms with Gasteiger partial charge in [0, 0.05) is 15.6 Å². The van der Waals surface area contributed by atoms with E-state index in [1.54, 1.807) is 18.2 Å². The zero-order chi connectivity index (χ0) is 21.1. The molecule has 0 bridgehead atoms. The Balaban J connectivity index is 1.47. The summed E-state index contributed by atoms with van der Waals surface area (Å²) in [7, 11) is 0. The van der Waals surface area contributed by atoms with Gasteiger partial charge in [0.25, 0.3) is 5.91 Å². The molecule has 30 heavy (non-hydrogen) atoms. The third-order valence-corrected chi connectivity index (χ3v) is 5.41. The van der Waals surface area contributed by atoms with Crippen LogP contribution in [0, 0.1) is 0 Å². The van der Waals surface area contributed by atoms with Crippen molar-refractivity contribution in [1.29, 1.82) is 0 Å². The topological polar surface area (TPSA) is 41.9 Å². The van der Waals surface area contributed by atoms with E-state index >= 15 is 0 Å². The largest absolute Gasteiger partial charge is 0.489 e. The molecule has 4 nitrogen and oxygen atoms in total. The van der Waals surface area contributed by atoms with E-state index in [-0.39, 0.29) is 12.5 Å². The number of hydrogen-bond donors (Lipinski definition) is 0. The molecule has 0 saturated heterocycles. The lowest BCUT2D eigenvalue weighted by molar-refractivity contribution is -0.114. The number of amides is 1. The molecule has 0 radical (unpaired) electrons. The maximum Gasteiger partial charge on any atom is 0.280 e. The summed E-state index contributed by atoms with van der Waals surface area (Å²) >= 11 is 12.4. The third kappa shape index (κ3) is 4.25. The van der Waals surface area contributed by atoms with Gasteiger partial charge >= 0.3 is 0 Å². The van der Waals surface area contributed by atoms with E-state index < -0.39 is 0 Å². The Morgan fingerprint density at radius 3 is 2.27 bits per heavy atom. The minimum atomic E-state index is -0.146. The van der Waals surface area contributed by atoms with Crippen molar-refractivity contribution >= 4 is 46.6 Å². The second-order valence-electron chi connectivity index (χ2n) is 6.75. The Bertz CT molecular complexity index is 1120. The molecule has 0 saturated carbocycles. The number of halogens is 2. The fourth-order valence-electron chi connectivity index (χ4n) is 3.08. The zero-order valence-corrected chi connectivity index (χ0v) is 17.7. The van der Waals surface area contributed by atoms with Gasteiger partial charge in [-0.15, -0.1) is 0 Å². The predicted molar refractivity (Wildman–Crippen MR) is 122 cm³/mol. The number of anilines is 1. The van der Waals surface area contributed by atoms with E-state index in [1.165, 1.54) is 5.01 Å². The van der Waals surface area contributed by atoms with E-state index in [4.69, 9.17) is 27.9 Å². The molecule has 0 aromatic heterocycles. The molecule has 150 valence electrons. The van der Waals surface area contributed by atoms with Crippen molar-refractivity contribution in [3.8, 4) is 5.75 Å². The van der Waals surface area contributed by atoms with Crippen LogP contribution in [0.4, 0.5) is 5.69 Å². The Morgan fingerprint density at radius 2 is 1.60 bits per heavy atom. The first-order chi connectivity index (χ1) is 14.5. The lowest BCUT2D eigenvalue weighted by atomic mass is 10.1. The van der Waals surface area contributed by atoms with E-state index in [0.717, 1.165) is 16.8 Å². The number of nitrogens with zero attached hydrogens (tertiary/aromatic N) is 2. The molecule has 0 atom stereocenters. The van der Waals surface area contributed by atoms with Crippen LogP contribution in [0.25, 0.3) is 6.08 Å². The summed E-state index contributed by atoms with van der Waals surface area (Å²) in [4.78, 5) is 12.8. The summed E-state index contributed by atoms with van der Waals surface area (Å²) in [5, 5.41) is 6.96. The molecule has 1 heterocycles. The Labute approximate surface area is 185 Å². The van der Waals surface area contributed by atoms with Gasteiger partial charge in [-0.1, -0.05) is 59.6 Å². The minimum Gasteiger partial charge on any atom is -0.489 e. The van der Waals surface area contributed by atoms with Crippen LogP contribution in [0.3, 0.4) is 0 Å². The summed E-state index contributed by atoms with van der Waals surface area (Å²) in [6.07, 6.45) is 1.83. The van der Waals surface area contributed by atoms with E-state index in [9.17, 15) is 4.79 Å². The molecule has 0 N–H and O–H groups in total. The molecule has 1 amide bonds. The molecule has 0 unspecified atom stereocenters. The molecule has 0 aliphatic carbocycles. The molecule has 4 rings (SSSR count). The van der Waals surface area contributed by atoms with Crippen molar-refractivity contribution in [2.24, 2.45) is 5.10 Å². The standard InChI is InChI=1S/C24H18Cl2N2O2/c1-16-20(24(29)28(27-16)18-6-3-2-4-7-18)14-17-10-12-19(13-11-17)30-15-21-22(25)8-5-9-23(21)26/h2-14H,15H2,1H3/b20-14+. The van der Waals surface area contributed by atoms with Crippen molar-refractivity contribution < 1.29 is 9.53 Å². The van der Waals surface area contributed by atoms with Gasteiger partial charge in [-0.25, -0.2) is 0 Å². The number of hydrogen-bond acceptors (Lipinski definition) is 3. The lowest BCUT2D eigenvalue weighted by Gasteiger charge is -2.11. The van der Waals surface area contributed by atoms with E-state index in [0.29, 0.717) is 27.1 Å². The molecule has 3 aromatic carbocycles. The van der Waals surface area contributed by atoms with Gasteiger partial charge in [-0.2, -0.15) is 10.1 Å². The number of ether oxygens (including phenoxy) is 1. The molecule has 6 heteroatoms. The average Bonchev–Trinajstić information content (AvgIpc) is 3.03. The van der Waals surface area contributed by atoms with Crippen LogP contribution in [-0.4, -0.2) is 11.6 Å². The van der Waals surface area contributed by atoms with Crippen molar-refractivity contribution in [3.05, 3.63) is 99.5 Å². The fourth-order valence-corrected chi connectivity index (χ4v) is 3.59. The van der Waals surface area contributed by atoms with Gasteiger partial charge in [0.2, 0.25) is 0 Å². The highest BCUT2D eigenvalue weighted by molar-refractivity contribution is 6.36. The van der Waals surface area contributed by atoms with Gasteiger partial charge in [0.1, 0.15) is 12.4 Å². The second-order valence-corrected chi connectivity index (χ2v) is 7.57. The van der Waals surface area contributed by atoms with Crippen LogP contribution >= 0.6 is 23.2 Å². The Kier molecular flexibility index (Phi) is 5.88. The summed E-state index contributed by atoms with van der Waals surface area (Å²) < 4.78 is 5.81. The van der Waals surface area contributed by atoms with Gasteiger partial charge < -0.3 is 4.74 Å².